The van der Waals surface area contributed by atoms with Gasteiger partial charge in [0.1, 0.15) is 0 Å². The molecule has 5 rings (SSSR count). The van der Waals surface area contributed by atoms with Crippen molar-refractivity contribution in [3.8, 4) is 11.3 Å². The van der Waals surface area contributed by atoms with Crippen LogP contribution in [0.4, 0.5) is 15.8 Å². The molecule has 2 aromatic heterocycles. The lowest BCUT2D eigenvalue weighted by atomic mass is 9.91. The first kappa shape index (κ1) is 14.5. The number of fused-ring (bicyclic) bond motifs is 1. The van der Waals surface area contributed by atoms with Crippen LogP contribution in [-0.2, 0) is 6.42 Å². The number of H-pyrrole nitrogens is 1. The summed E-state index contributed by atoms with van der Waals surface area (Å²) in [7, 11) is 0. The van der Waals surface area contributed by atoms with Gasteiger partial charge in [-0.2, -0.15) is 4.39 Å². The topological polar surface area (TPSA) is 40.7 Å². The molecule has 2 aliphatic rings. The number of benzene rings is 1. The first-order valence-corrected chi connectivity index (χ1v) is 8.61. The number of aromatic nitrogens is 2. The Bertz CT molecular complexity index is 968. The Morgan fingerprint density at radius 1 is 1.12 bits per heavy atom. The zero-order valence-corrected chi connectivity index (χ0v) is 13.7. The van der Waals surface area contributed by atoms with Gasteiger partial charge in [-0.25, -0.2) is 4.98 Å². The third kappa shape index (κ3) is 2.54. The summed E-state index contributed by atoms with van der Waals surface area (Å²) in [5.41, 5.74) is 6.48. The normalized spacial score (nSPS) is 16.7. The van der Waals surface area contributed by atoms with Crippen molar-refractivity contribution in [1.29, 1.82) is 0 Å². The predicted octanol–water partition coefficient (Wildman–Crippen LogP) is 5.31. The fraction of sp³-hybridized carbons (Fsp3) is 0.190. The number of aromatic amines is 1. The molecule has 0 amide bonds. The number of allylic oxidation sites excluding steroid dienone is 1. The van der Waals surface area contributed by atoms with Crippen molar-refractivity contribution in [3.05, 3.63) is 71.9 Å². The second kappa shape index (κ2) is 5.31. The van der Waals surface area contributed by atoms with Crippen LogP contribution in [0.15, 0.2) is 54.7 Å². The van der Waals surface area contributed by atoms with Crippen LogP contribution >= 0.6 is 0 Å². The summed E-state index contributed by atoms with van der Waals surface area (Å²) in [6, 6.07) is 13.4. The van der Waals surface area contributed by atoms with Crippen molar-refractivity contribution >= 4 is 17.5 Å². The maximum Gasteiger partial charge on any atom is 0.213 e. The molecule has 25 heavy (non-hydrogen) atoms. The zero-order valence-electron chi connectivity index (χ0n) is 13.7. The van der Waals surface area contributed by atoms with Gasteiger partial charge in [0.25, 0.3) is 0 Å². The molecule has 0 bridgehead atoms. The molecule has 3 aromatic rings. The van der Waals surface area contributed by atoms with E-state index in [1.807, 2.05) is 36.4 Å². The van der Waals surface area contributed by atoms with Gasteiger partial charge >= 0.3 is 0 Å². The number of hydrogen-bond acceptors (Lipinski definition) is 2. The standard InChI is InChI=1S/C21H18FN3/c22-18-12-14(7-11-23-18)19-20(24-15-4-2-1-3-5-15)16-6-8-21(9-10-21)13-17(16)25-19/h1-8,11-12,24-25H,9-10,13H2. The SMILES string of the molecule is Fc1cc(-c2[nH]c3c(c2Nc2ccccc2)C=CC2(CC2)C3)ccn1. The molecule has 3 nitrogen and oxygen atoms in total. The lowest BCUT2D eigenvalue weighted by Gasteiger charge is -2.16. The number of nitrogens with one attached hydrogen (secondary N) is 2. The van der Waals surface area contributed by atoms with Crippen LogP contribution in [0.3, 0.4) is 0 Å². The van der Waals surface area contributed by atoms with Crippen LogP contribution in [0, 0.1) is 11.4 Å². The molecule has 2 aliphatic carbocycles. The number of nitrogens with zero attached hydrogens (tertiary/aromatic N) is 1. The molecular weight excluding hydrogens is 313 g/mol. The molecule has 1 saturated carbocycles. The highest BCUT2D eigenvalue weighted by Gasteiger charge is 2.43. The largest absolute Gasteiger partial charge is 0.356 e. The minimum atomic E-state index is -0.468. The molecule has 1 spiro atoms. The number of para-hydroxylation sites is 1. The molecule has 1 fully saturated rings. The van der Waals surface area contributed by atoms with E-state index in [0.29, 0.717) is 5.41 Å². The van der Waals surface area contributed by atoms with E-state index < -0.39 is 5.95 Å². The number of pyridine rings is 1. The van der Waals surface area contributed by atoms with Crippen LogP contribution in [-0.4, -0.2) is 9.97 Å². The minimum Gasteiger partial charge on any atom is -0.356 e. The van der Waals surface area contributed by atoms with Gasteiger partial charge in [-0.1, -0.05) is 30.4 Å². The fourth-order valence-electron chi connectivity index (χ4n) is 3.63. The maximum atomic E-state index is 13.7. The molecule has 4 heteroatoms. The van der Waals surface area contributed by atoms with Gasteiger partial charge in [-0.15, -0.1) is 0 Å². The van der Waals surface area contributed by atoms with E-state index in [4.69, 9.17) is 0 Å². The van der Waals surface area contributed by atoms with E-state index in [1.165, 1.54) is 36.4 Å². The summed E-state index contributed by atoms with van der Waals surface area (Å²) in [6.45, 7) is 0. The maximum absolute atomic E-state index is 13.7. The summed E-state index contributed by atoms with van der Waals surface area (Å²) < 4.78 is 13.7. The summed E-state index contributed by atoms with van der Waals surface area (Å²) in [5, 5.41) is 3.52. The Morgan fingerprint density at radius 2 is 1.96 bits per heavy atom. The quantitative estimate of drug-likeness (QED) is 0.639. The van der Waals surface area contributed by atoms with Gasteiger partial charge in [0.2, 0.25) is 5.95 Å². The number of anilines is 2. The Labute approximate surface area is 145 Å². The van der Waals surface area contributed by atoms with E-state index >= 15 is 0 Å². The van der Waals surface area contributed by atoms with Crippen molar-refractivity contribution in [2.75, 3.05) is 5.32 Å². The van der Waals surface area contributed by atoms with Crippen molar-refractivity contribution in [1.82, 2.24) is 9.97 Å². The minimum absolute atomic E-state index is 0.350. The van der Waals surface area contributed by atoms with Gasteiger partial charge in [0, 0.05) is 34.8 Å². The molecule has 2 N–H and O–H groups in total. The summed E-state index contributed by atoms with van der Waals surface area (Å²) >= 11 is 0. The van der Waals surface area contributed by atoms with E-state index in [9.17, 15) is 4.39 Å². The first-order valence-electron chi connectivity index (χ1n) is 8.61. The number of hydrogen-bond donors (Lipinski definition) is 2. The highest BCUT2D eigenvalue weighted by Crippen LogP contribution is 2.54. The lowest BCUT2D eigenvalue weighted by molar-refractivity contribution is 0.584. The van der Waals surface area contributed by atoms with Crippen molar-refractivity contribution in [2.45, 2.75) is 19.3 Å². The van der Waals surface area contributed by atoms with Crippen LogP contribution in [0.2, 0.25) is 0 Å². The van der Waals surface area contributed by atoms with Crippen LogP contribution in [0.5, 0.6) is 0 Å². The predicted molar refractivity (Wildman–Crippen MR) is 98.1 cm³/mol. The highest BCUT2D eigenvalue weighted by atomic mass is 19.1. The van der Waals surface area contributed by atoms with E-state index in [-0.39, 0.29) is 0 Å². The molecule has 0 aliphatic heterocycles. The van der Waals surface area contributed by atoms with E-state index in [1.54, 1.807) is 0 Å². The van der Waals surface area contributed by atoms with Crippen molar-refractivity contribution in [2.24, 2.45) is 5.41 Å². The average Bonchev–Trinajstić information content (AvgIpc) is 3.28. The van der Waals surface area contributed by atoms with E-state index in [0.717, 1.165) is 29.1 Å². The second-order valence-electron chi connectivity index (χ2n) is 7.00. The molecule has 0 unspecified atom stereocenters. The van der Waals surface area contributed by atoms with Crippen molar-refractivity contribution in [3.63, 3.8) is 0 Å². The second-order valence-corrected chi connectivity index (χ2v) is 7.00. The lowest BCUT2D eigenvalue weighted by Crippen LogP contribution is -2.07. The van der Waals surface area contributed by atoms with Gasteiger partial charge in [0.15, 0.2) is 0 Å². The molecular formula is C21H18FN3. The molecule has 2 heterocycles. The zero-order chi connectivity index (χ0) is 16.9. The average molecular weight is 331 g/mol. The van der Waals surface area contributed by atoms with Gasteiger partial charge in [-0.3, -0.25) is 0 Å². The third-order valence-electron chi connectivity index (χ3n) is 5.20. The smallest absolute Gasteiger partial charge is 0.213 e. The van der Waals surface area contributed by atoms with Crippen molar-refractivity contribution < 1.29 is 4.39 Å². The first-order chi connectivity index (χ1) is 12.2. The van der Waals surface area contributed by atoms with Gasteiger partial charge < -0.3 is 10.3 Å². The van der Waals surface area contributed by atoms with Crippen LogP contribution < -0.4 is 5.32 Å². The molecule has 0 radical (unpaired) electrons. The molecule has 0 saturated heterocycles. The summed E-state index contributed by atoms with van der Waals surface area (Å²) in [5.74, 6) is -0.468. The molecule has 0 atom stereocenters. The molecule has 1 aromatic carbocycles. The fourth-order valence-corrected chi connectivity index (χ4v) is 3.63. The Morgan fingerprint density at radius 3 is 2.72 bits per heavy atom. The van der Waals surface area contributed by atoms with E-state index in [2.05, 4.69) is 27.4 Å². The Kier molecular flexibility index (Phi) is 3.07. The van der Waals surface area contributed by atoms with Gasteiger partial charge in [-0.05, 0) is 42.9 Å². The Balaban J connectivity index is 1.64. The van der Waals surface area contributed by atoms with Gasteiger partial charge in [0.05, 0.1) is 11.4 Å². The summed E-state index contributed by atoms with van der Waals surface area (Å²) in [4.78, 5) is 7.23. The monoisotopic (exact) mass is 331 g/mol. The highest BCUT2D eigenvalue weighted by molar-refractivity contribution is 5.88. The number of rotatable bonds is 3. The third-order valence-corrected chi connectivity index (χ3v) is 5.20. The Hall–Kier alpha value is -2.88. The number of halogens is 1. The molecule has 124 valence electrons. The van der Waals surface area contributed by atoms with Crippen LogP contribution in [0.25, 0.3) is 17.3 Å². The van der Waals surface area contributed by atoms with Crippen LogP contribution in [0.1, 0.15) is 24.1 Å². The summed E-state index contributed by atoms with van der Waals surface area (Å²) in [6.07, 6.45) is 9.60.